The van der Waals surface area contributed by atoms with Crippen LogP contribution in [-0.4, -0.2) is 11.2 Å². The van der Waals surface area contributed by atoms with Crippen molar-refractivity contribution in [3.63, 3.8) is 0 Å². The highest BCUT2D eigenvalue weighted by Gasteiger charge is 2.17. The van der Waals surface area contributed by atoms with Gasteiger partial charge in [-0.15, -0.1) is 11.8 Å². The van der Waals surface area contributed by atoms with Crippen molar-refractivity contribution in [1.82, 2.24) is 0 Å². The van der Waals surface area contributed by atoms with E-state index in [4.69, 9.17) is 11.6 Å². The molecule has 2 rings (SSSR count). The van der Waals surface area contributed by atoms with E-state index < -0.39 is 22.7 Å². The van der Waals surface area contributed by atoms with Gasteiger partial charge in [-0.05, 0) is 43.3 Å². The summed E-state index contributed by atoms with van der Waals surface area (Å²) in [6.45, 7) is 1.61. The minimum Gasteiger partial charge on any atom is -0.324 e. The van der Waals surface area contributed by atoms with Crippen molar-refractivity contribution in [3.8, 4) is 0 Å². The van der Waals surface area contributed by atoms with Crippen molar-refractivity contribution < 1.29 is 18.0 Å². The first-order valence-corrected chi connectivity index (χ1v) is 7.50. The maximum atomic E-state index is 13.1. The lowest BCUT2D eigenvalue weighted by Crippen LogP contribution is -2.22. The van der Waals surface area contributed by atoms with E-state index >= 15 is 0 Å². The third-order valence-electron chi connectivity index (χ3n) is 2.76. The maximum Gasteiger partial charge on any atom is 0.237 e. The Morgan fingerprint density at radius 2 is 1.86 bits per heavy atom. The van der Waals surface area contributed by atoms with Crippen LogP contribution in [0.5, 0.6) is 0 Å². The summed E-state index contributed by atoms with van der Waals surface area (Å²) in [4.78, 5) is 12.5. The molecule has 1 N–H and O–H groups in total. The fourth-order valence-corrected chi connectivity index (χ4v) is 2.74. The van der Waals surface area contributed by atoms with Crippen molar-refractivity contribution in [2.24, 2.45) is 0 Å². The number of carbonyl (C=O) groups is 1. The molecule has 116 valence electrons. The average Bonchev–Trinajstić information content (AvgIpc) is 2.45. The fourth-order valence-electron chi connectivity index (χ4n) is 1.63. The SMILES string of the molecule is C[C@H](Sc1ccc(F)c(F)c1)C(=O)Nc1ccc(F)cc1Cl. The van der Waals surface area contributed by atoms with E-state index in [9.17, 15) is 18.0 Å². The molecule has 0 aromatic heterocycles. The molecule has 0 aliphatic heterocycles. The molecule has 0 radical (unpaired) electrons. The number of nitrogens with one attached hydrogen (secondary N) is 1. The first-order valence-electron chi connectivity index (χ1n) is 6.24. The summed E-state index contributed by atoms with van der Waals surface area (Å²) in [7, 11) is 0. The summed E-state index contributed by atoms with van der Waals surface area (Å²) in [6.07, 6.45) is 0. The smallest absolute Gasteiger partial charge is 0.237 e. The van der Waals surface area contributed by atoms with Crippen LogP contribution in [0.15, 0.2) is 41.3 Å². The molecule has 2 aromatic rings. The van der Waals surface area contributed by atoms with Crippen LogP contribution in [-0.2, 0) is 4.79 Å². The molecular weight excluding hydrogens is 335 g/mol. The summed E-state index contributed by atoms with van der Waals surface area (Å²) in [5, 5.41) is 2.06. The zero-order chi connectivity index (χ0) is 16.3. The highest BCUT2D eigenvalue weighted by molar-refractivity contribution is 8.00. The lowest BCUT2D eigenvalue weighted by atomic mass is 10.3. The molecule has 1 amide bonds. The highest BCUT2D eigenvalue weighted by atomic mass is 35.5. The van der Waals surface area contributed by atoms with Crippen LogP contribution in [0.2, 0.25) is 5.02 Å². The van der Waals surface area contributed by atoms with Crippen molar-refractivity contribution in [2.45, 2.75) is 17.1 Å². The van der Waals surface area contributed by atoms with Gasteiger partial charge in [0.15, 0.2) is 11.6 Å². The first-order chi connectivity index (χ1) is 10.4. The van der Waals surface area contributed by atoms with Gasteiger partial charge in [-0.25, -0.2) is 13.2 Å². The monoisotopic (exact) mass is 345 g/mol. The van der Waals surface area contributed by atoms with Crippen LogP contribution < -0.4 is 5.32 Å². The largest absolute Gasteiger partial charge is 0.324 e. The van der Waals surface area contributed by atoms with Crippen LogP contribution in [0.4, 0.5) is 18.9 Å². The number of halogens is 4. The predicted molar refractivity (Wildman–Crippen MR) is 81.7 cm³/mol. The van der Waals surface area contributed by atoms with Gasteiger partial charge in [-0.2, -0.15) is 0 Å². The predicted octanol–water partition coefficient (Wildman–Crippen LogP) is 4.88. The molecule has 0 spiro atoms. The van der Waals surface area contributed by atoms with E-state index in [0.29, 0.717) is 4.90 Å². The fraction of sp³-hybridized carbons (Fsp3) is 0.133. The van der Waals surface area contributed by atoms with Gasteiger partial charge in [0.2, 0.25) is 5.91 Å². The van der Waals surface area contributed by atoms with Gasteiger partial charge < -0.3 is 5.32 Å². The number of rotatable bonds is 4. The van der Waals surface area contributed by atoms with E-state index in [-0.39, 0.29) is 16.6 Å². The molecule has 0 unspecified atom stereocenters. The number of hydrogen-bond acceptors (Lipinski definition) is 2. The van der Waals surface area contributed by atoms with Gasteiger partial charge in [0, 0.05) is 4.90 Å². The molecule has 0 saturated carbocycles. The Morgan fingerprint density at radius 1 is 1.14 bits per heavy atom. The van der Waals surface area contributed by atoms with E-state index in [0.717, 1.165) is 30.0 Å². The van der Waals surface area contributed by atoms with Gasteiger partial charge in [0.25, 0.3) is 0 Å². The minimum atomic E-state index is -0.973. The number of benzene rings is 2. The second-order valence-corrected chi connectivity index (χ2v) is 6.27. The van der Waals surface area contributed by atoms with Crippen LogP contribution in [0, 0.1) is 17.5 Å². The van der Waals surface area contributed by atoms with Crippen LogP contribution >= 0.6 is 23.4 Å². The van der Waals surface area contributed by atoms with Crippen molar-refractivity contribution >= 4 is 35.0 Å². The molecule has 2 nitrogen and oxygen atoms in total. The lowest BCUT2D eigenvalue weighted by Gasteiger charge is -2.13. The number of carbonyl (C=O) groups excluding carboxylic acids is 1. The highest BCUT2D eigenvalue weighted by Crippen LogP contribution is 2.27. The maximum absolute atomic E-state index is 13.1. The minimum absolute atomic E-state index is 0.0818. The van der Waals surface area contributed by atoms with Gasteiger partial charge in [-0.1, -0.05) is 11.6 Å². The Morgan fingerprint density at radius 3 is 2.50 bits per heavy atom. The molecule has 1 atom stereocenters. The molecule has 2 aromatic carbocycles. The zero-order valence-electron chi connectivity index (χ0n) is 11.4. The second-order valence-electron chi connectivity index (χ2n) is 4.45. The Kier molecular flexibility index (Phi) is 5.37. The molecule has 0 saturated heterocycles. The van der Waals surface area contributed by atoms with Crippen LogP contribution in [0.3, 0.4) is 0 Å². The Balaban J connectivity index is 2.04. The third kappa shape index (κ3) is 4.18. The third-order valence-corrected chi connectivity index (χ3v) is 4.17. The van der Waals surface area contributed by atoms with Gasteiger partial charge in [0.05, 0.1) is 16.0 Å². The first kappa shape index (κ1) is 16.7. The summed E-state index contributed by atoms with van der Waals surface area (Å²) >= 11 is 6.89. The van der Waals surface area contributed by atoms with E-state index in [1.807, 2.05) is 0 Å². The number of anilines is 1. The Hall–Kier alpha value is -1.66. The summed E-state index contributed by atoms with van der Waals surface area (Å²) < 4.78 is 38.9. The molecule has 22 heavy (non-hydrogen) atoms. The molecule has 0 heterocycles. The molecular formula is C15H11ClF3NOS. The number of amides is 1. The summed E-state index contributed by atoms with van der Waals surface area (Å²) in [5.41, 5.74) is 0.283. The molecule has 0 fully saturated rings. The van der Waals surface area contributed by atoms with E-state index in [1.54, 1.807) is 6.92 Å². The number of thioether (sulfide) groups is 1. The Labute approximate surface area is 134 Å². The van der Waals surface area contributed by atoms with E-state index in [1.165, 1.54) is 18.2 Å². The van der Waals surface area contributed by atoms with Gasteiger partial charge in [0.1, 0.15) is 5.82 Å². The number of hydrogen-bond donors (Lipinski definition) is 1. The van der Waals surface area contributed by atoms with Crippen molar-refractivity contribution in [3.05, 3.63) is 58.9 Å². The summed E-state index contributed by atoms with van der Waals surface area (Å²) in [5.74, 6) is -2.81. The van der Waals surface area contributed by atoms with Gasteiger partial charge >= 0.3 is 0 Å². The van der Waals surface area contributed by atoms with Gasteiger partial charge in [-0.3, -0.25) is 4.79 Å². The van der Waals surface area contributed by atoms with Crippen LogP contribution in [0.1, 0.15) is 6.92 Å². The molecule has 7 heteroatoms. The van der Waals surface area contributed by atoms with Crippen molar-refractivity contribution in [1.29, 1.82) is 0 Å². The molecule has 0 aliphatic carbocycles. The average molecular weight is 346 g/mol. The molecule has 0 bridgehead atoms. The van der Waals surface area contributed by atoms with E-state index in [2.05, 4.69) is 5.32 Å². The molecule has 0 aliphatic rings. The topological polar surface area (TPSA) is 29.1 Å². The van der Waals surface area contributed by atoms with Crippen molar-refractivity contribution in [2.75, 3.05) is 5.32 Å². The lowest BCUT2D eigenvalue weighted by molar-refractivity contribution is -0.115. The normalized spacial score (nSPS) is 12.0. The quantitative estimate of drug-likeness (QED) is 0.800. The summed E-state index contributed by atoms with van der Waals surface area (Å²) in [6, 6.07) is 7.02. The Bertz CT molecular complexity index is 711. The van der Waals surface area contributed by atoms with Crippen LogP contribution in [0.25, 0.3) is 0 Å². The standard InChI is InChI=1S/C15H11ClF3NOS/c1-8(22-10-3-4-12(18)13(19)7-10)15(21)20-14-5-2-9(17)6-11(14)16/h2-8H,1H3,(H,20,21)/t8-/m0/s1. The zero-order valence-corrected chi connectivity index (χ0v) is 12.9. The second kappa shape index (κ2) is 7.07.